The van der Waals surface area contributed by atoms with Crippen LogP contribution in [0.1, 0.15) is 10.4 Å². The van der Waals surface area contributed by atoms with Crippen molar-refractivity contribution in [3.63, 3.8) is 0 Å². The number of nitrogens with zero attached hydrogens (tertiary/aromatic N) is 5. The van der Waals surface area contributed by atoms with Gasteiger partial charge in [0, 0.05) is 38.0 Å². The first-order chi connectivity index (χ1) is 15.2. The SMILES string of the molecule is CNC(=O)c1ccc2c(c1)nc(-c1c[nH]c(-c3ccc4nonc4c3)n1)n2CCOC. The first kappa shape index (κ1) is 18.9. The number of ether oxygens (including phenoxy) is 1. The van der Waals surface area contributed by atoms with E-state index in [0.717, 1.165) is 11.1 Å². The van der Waals surface area contributed by atoms with Crippen LogP contribution in [0.15, 0.2) is 47.2 Å². The first-order valence-corrected chi connectivity index (χ1v) is 9.67. The normalized spacial score (nSPS) is 11.4. The van der Waals surface area contributed by atoms with E-state index < -0.39 is 0 Å². The lowest BCUT2D eigenvalue weighted by Gasteiger charge is -2.07. The Hall–Kier alpha value is -4.05. The summed E-state index contributed by atoms with van der Waals surface area (Å²) in [5.41, 5.74) is 5.05. The number of aromatic nitrogens is 6. The molecule has 0 saturated heterocycles. The van der Waals surface area contributed by atoms with E-state index in [1.165, 1.54) is 0 Å². The second-order valence-electron chi connectivity index (χ2n) is 6.96. The molecule has 0 fully saturated rings. The highest BCUT2D eigenvalue weighted by atomic mass is 16.6. The molecule has 0 spiro atoms. The lowest BCUT2D eigenvalue weighted by atomic mass is 10.2. The number of aromatic amines is 1. The Morgan fingerprint density at radius 3 is 2.84 bits per heavy atom. The molecule has 0 aliphatic heterocycles. The molecule has 10 nitrogen and oxygen atoms in total. The molecule has 2 aromatic carbocycles. The van der Waals surface area contributed by atoms with Crippen LogP contribution in [0, 0.1) is 0 Å². The van der Waals surface area contributed by atoms with Gasteiger partial charge in [-0.05, 0) is 46.7 Å². The van der Waals surface area contributed by atoms with E-state index in [2.05, 4.69) is 20.6 Å². The van der Waals surface area contributed by atoms with E-state index in [-0.39, 0.29) is 5.91 Å². The summed E-state index contributed by atoms with van der Waals surface area (Å²) in [6, 6.07) is 11.0. The lowest BCUT2D eigenvalue weighted by Crippen LogP contribution is -2.17. The fourth-order valence-electron chi connectivity index (χ4n) is 3.53. The molecule has 0 bridgehead atoms. The quantitative estimate of drug-likeness (QED) is 0.435. The largest absolute Gasteiger partial charge is 0.383 e. The van der Waals surface area contributed by atoms with Gasteiger partial charge in [0.1, 0.15) is 22.6 Å². The summed E-state index contributed by atoms with van der Waals surface area (Å²) in [6.45, 7) is 1.11. The number of carbonyl (C=O) groups excluding carboxylic acids is 1. The third kappa shape index (κ3) is 3.32. The number of hydrogen-bond acceptors (Lipinski definition) is 7. The summed E-state index contributed by atoms with van der Waals surface area (Å²) in [5, 5.41) is 10.3. The zero-order valence-electron chi connectivity index (χ0n) is 16.9. The Bertz CT molecular complexity index is 1400. The molecule has 3 heterocycles. The van der Waals surface area contributed by atoms with Gasteiger partial charge in [-0.1, -0.05) is 0 Å². The molecule has 0 radical (unpaired) electrons. The molecule has 0 unspecified atom stereocenters. The number of benzene rings is 2. The molecule has 1 amide bonds. The second-order valence-corrected chi connectivity index (χ2v) is 6.96. The maximum absolute atomic E-state index is 12.0. The number of nitrogens with one attached hydrogen (secondary N) is 2. The van der Waals surface area contributed by atoms with Crippen LogP contribution in [0.3, 0.4) is 0 Å². The number of carbonyl (C=O) groups is 1. The maximum Gasteiger partial charge on any atom is 0.251 e. The summed E-state index contributed by atoms with van der Waals surface area (Å²) in [7, 11) is 3.26. The third-order valence-electron chi connectivity index (χ3n) is 5.09. The van der Waals surface area contributed by atoms with Gasteiger partial charge in [-0.25, -0.2) is 14.6 Å². The molecule has 0 aliphatic rings. The number of H-pyrrole nitrogens is 1. The zero-order chi connectivity index (χ0) is 21.4. The molecule has 0 aliphatic carbocycles. The number of methoxy groups -OCH3 is 1. The predicted octanol–water partition coefficient (Wildman–Crippen LogP) is 2.64. The monoisotopic (exact) mass is 417 g/mol. The zero-order valence-corrected chi connectivity index (χ0v) is 16.9. The third-order valence-corrected chi connectivity index (χ3v) is 5.09. The minimum atomic E-state index is -0.158. The van der Waals surface area contributed by atoms with Crippen molar-refractivity contribution in [1.29, 1.82) is 0 Å². The Balaban J connectivity index is 1.59. The van der Waals surface area contributed by atoms with Gasteiger partial charge in [-0.3, -0.25) is 4.79 Å². The van der Waals surface area contributed by atoms with Crippen molar-refractivity contribution in [3.05, 3.63) is 48.2 Å². The summed E-state index contributed by atoms with van der Waals surface area (Å²) in [5.74, 6) is 1.21. The molecular formula is C21H19N7O3. The molecular weight excluding hydrogens is 398 g/mol. The number of imidazole rings is 2. The van der Waals surface area contributed by atoms with Crippen molar-refractivity contribution in [2.75, 3.05) is 20.8 Å². The van der Waals surface area contributed by atoms with Crippen LogP contribution in [0.2, 0.25) is 0 Å². The molecule has 0 atom stereocenters. The smallest absolute Gasteiger partial charge is 0.251 e. The van der Waals surface area contributed by atoms with Crippen molar-refractivity contribution in [2.24, 2.45) is 0 Å². The van der Waals surface area contributed by atoms with E-state index in [4.69, 9.17) is 19.3 Å². The lowest BCUT2D eigenvalue weighted by molar-refractivity contribution is 0.0963. The molecule has 0 saturated carbocycles. The summed E-state index contributed by atoms with van der Waals surface area (Å²) in [6.07, 6.45) is 1.81. The molecule has 31 heavy (non-hydrogen) atoms. The molecule has 10 heteroatoms. The van der Waals surface area contributed by atoms with Crippen molar-refractivity contribution in [1.82, 2.24) is 35.1 Å². The van der Waals surface area contributed by atoms with Crippen molar-refractivity contribution < 1.29 is 14.2 Å². The summed E-state index contributed by atoms with van der Waals surface area (Å²) >= 11 is 0. The molecule has 156 valence electrons. The van der Waals surface area contributed by atoms with E-state index in [1.54, 1.807) is 26.3 Å². The first-order valence-electron chi connectivity index (χ1n) is 9.67. The van der Waals surface area contributed by atoms with Crippen LogP contribution >= 0.6 is 0 Å². The van der Waals surface area contributed by atoms with Gasteiger partial charge in [0.2, 0.25) is 0 Å². The number of fused-ring (bicyclic) bond motifs is 2. The van der Waals surface area contributed by atoms with E-state index in [9.17, 15) is 4.79 Å². The highest BCUT2D eigenvalue weighted by Crippen LogP contribution is 2.27. The number of rotatable bonds is 6. The second kappa shape index (κ2) is 7.65. The van der Waals surface area contributed by atoms with Crippen LogP contribution in [0.5, 0.6) is 0 Å². The summed E-state index contributed by atoms with van der Waals surface area (Å²) in [4.78, 5) is 24.7. The predicted molar refractivity (Wildman–Crippen MR) is 113 cm³/mol. The van der Waals surface area contributed by atoms with E-state index >= 15 is 0 Å². The Morgan fingerprint density at radius 1 is 1.13 bits per heavy atom. The van der Waals surface area contributed by atoms with Crippen molar-refractivity contribution in [2.45, 2.75) is 6.54 Å². The van der Waals surface area contributed by atoms with Crippen molar-refractivity contribution in [3.8, 4) is 22.9 Å². The standard InChI is InChI=1S/C21H19N7O3/c1-22-21(29)13-4-6-18-16(10-13)25-20(28(18)7-8-30-2)17-11-23-19(24-17)12-3-5-14-15(9-12)27-31-26-14/h3-6,9-11H,7-8H2,1-2H3,(H,22,29)(H,23,24). The van der Waals surface area contributed by atoms with Gasteiger partial charge < -0.3 is 19.6 Å². The van der Waals surface area contributed by atoms with Gasteiger partial charge in [-0.15, -0.1) is 0 Å². The molecule has 5 rings (SSSR count). The minimum absolute atomic E-state index is 0.158. The van der Waals surface area contributed by atoms with Gasteiger partial charge in [0.25, 0.3) is 5.91 Å². The van der Waals surface area contributed by atoms with Gasteiger partial charge in [0.05, 0.1) is 17.6 Å². The number of hydrogen-bond donors (Lipinski definition) is 2. The van der Waals surface area contributed by atoms with Crippen LogP contribution < -0.4 is 5.32 Å². The Labute approximate surface area is 176 Å². The highest BCUT2D eigenvalue weighted by Gasteiger charge is 2.17. The van der Waals surface area contributed by atoms with Gasteiger partial charge in [0.15, 0.2) is 5.82 Å². The Kier molecular flexibility index (Phi) is 4.68. The van der Waals surface area contributed by atoms with Crippen LogP contribution in [-0.2, 0) is 11.3 Å². The van der Waals surface area contributed by atoms with Gasteiger partial charge >= 0.3 is 0 Å². The molecule has 2 N–H and O–H groups in total. The van der Waals surface area contributed by atoms with Crippen LogP contribution in [0.4, 0.5) is 0 Å². The molecule has 3 aromatic heterocycles. The van der Waals surface area contributed by atoms with Crippen molar-refractivity contribution >= 4 is 28.0 Å². The highest BCUT2D eigenvalue weighted by molar-refractivity contribution is 5.97. The topological polar surface area (TPSA) is 124 Å². The average Bonchev–Trinajstić information content (AvgIpc) is 3.54. The van der Waals surface area contributed by atoms with E-state index in [1.807, 2.05) is 35.0 Å². The average molecular weight is 417 g/mol. The van der Waals surface area contributed by atoms with Gasteiger partial charge in [-0.2, -0.15) is 0 Å². The van der Waals surface area contributed by atoms with Crippen LogP contribution in [0.25, 0.3) is 45.0 Å². The fraction of sp³-hybridized carbons (Fsp3) is 0.190. The fourth-order valence-corrected chi connectivity index (χ4v) is 3.53. The minimum Gasteiger partial charge on any atom is -0.383 e. The van der Waals surface area contributed by atoms with E-state index in [0.29, 0.717) is 52.6 Å². The molecule has 5 aromatic rings. The number of amides is 1. The maximum atomic E-state index is 12.0. The Morgan fingerprint density at radius 2 is 2.00 bits per heavy atom. The summed E-state index contributed by atoms with van der Waals surface area (Å²) < 4.78 is 12.1. The van der Waals surface area contributed by atoms with Crippen LogP contribution in [-0.4, -0.2) is 56.5 Å².